The molecule has 6 atom stereocenters. The molecule has 41 heavy (non-hydrogen) atoms. The van der Waals surface area contributed by atoms with Gasteiger partial charge < -0.3 is 20.5 Å². The second kappa shape index (κ2) is 11.7. The van der Waals surface area contributed by atoms with Gasteiger partial charge in [-0.1, -0.05) is 19.3 Å². The van der Waals surface area contributed by atoms with E-state index in [9.17, 15) is 31.9 Å². The zero-order chi connectivity index (χ0) is 29.5. The molecule has 3 aliphatic rings. The number of aromatic amines is 1. The van der Waals surface area contributed by atoms with Crippen molar-refractivity contribution >= 4 is 28.5 Å². The lowest BCUT2D eigenvalue weighted by Gasteiger charge is -2.43. The van der Waals surface area contributed by atoms with Gasteiger partial charge in [0.1, 0.15) is 11.9 Å². The predicted octanol–water partition coefficient (Wildman–Crippen LogP) is 4.82. The normalized spacial score (nSPS) is 26.9. The Kier molecular flexibility index (Phi) is 8.46. The first-order chi connectivity index (χ1) is 19.5. The molecule has 7 nitrogen and oxygen atoms in total. The van der Waals surface area contributed by atoms with Crippen molar-refractivity contribution in [3.63, 3.8) is 0 Å². The van der Waals surface area contributed by atoms with Gasteiger partial charge in [-0.3, -0.25) is 14.4 Å². The van der Waals surface area contributed by atoms with Gasteiger partial charge in [-0.05, 0) is 81.7 Å². The molecule has 0 spiro atoms. The molecule has 2 saturated carbocycles. The monoisotopic (exact) mass is 578 g/mol. The lowest BCUT2D eigenvalue weighted by atomic mass is 9.68. The van der Waals surface area contributed by atoms with Crippen molar-refractivity contribution < 1.29 is 31.9 Å². The predicted molar refractivity (Wildman–Crippen MR) is 145 cm³/mol. The molecule has 3 N–H and O–H groups in total. The summed E-state index contributed by atoms with van der Waals surface area (Å²) >= 11 is 0. The Labute approximate surface area is 236 Å². The van der Waals surface area contributed by atoms with Gasteiger partial charge in [0.15, 0.2) is 0 Å². The third kappa shape index (κ3) is 5.87. The minimum atomic E-state index is -4.94. The number of amides is 2. The van der Waals surface area contributed by atoms with Gasteiger partial charge in [0.05, 0.1) is 6.04 Å². The van der Waals surface area contributed by atoms with Gasteiger partial charge in [-0.15, -0.1) is 0 Å². The number of Topliss-reactive ketones (excluding diaryl/α,β-unsaturated/α-hetero) is 1. The molecule has 0 bridgehead atoms. The van der Waals surface area contributed by atoms with E-state index in [1.165, 1.54) is 12.1 Å². The van der Waals surface area contributed by atoms with Crippen LogP contribution in [0.2, 0.25) is 0 Å². The van der Waals surface area contributed by atoms with E-state index in [2.05, 4.69) is 15.6 Å². The minimum absolute atomic E-state index is 0.0269. The second-order valence-electron chi connectivity index (χ2n) is 12.0. The highest BCUT2D eigenvalue weighted by atomic mass is 19.4. The topological polar surface area (TPSA) is 94.3 Å². The van der Waals surface area contributed by atoms with E-state index in [0.717, 1.165) is 32.1 Å². The number of nitrogens with zero attached hydrogens (tertiary/aromatic N) is 1. The molecule has 5 rings (SSSR count). The molecule has 1 saturated heterocycles. The van der Waals surface area contributed by atoms with E-state index in [0.29, 0.717) is 29.4 Å². The van der Waals surface area contributed by atoms with Crippen LogP contribution in [0.5, 0.6) is 0 Å². The smallest absolute Gasteiger partial charge is 0.361 e. The van der Waals surface area contributed by atoms with Crippen LogP contribution < -0.4 is 10.6 Å². The third-order valence-electron chi connectivity index (χ3n) is 9.64. The Hall–Kier alpha value is -2.95. The van der Waals surface area contributed by atoms with E-state index in [1.807, 2.05) is 0 Å². The highest BCUT2D eigenvalue weighted by Crippen LogP contribution is 2.50. The summed E-state index contributed by atoms with van der Waals surface area (Å²) in [6.07, 6.45) is 1.82. The molecule has 1 aromatic carbocycles. The minimum Gasteiger partial charge on any atom is -0.361 e. The van der Waals surface area contributed by atoms with Gasteiger partial charge in [-0.25, -0.2) is 4.39 Å². The van der Waals surface area contributed by atoms with Crippen LogP contribution in [0, 0.1) is 23.6 Å². The summed E-state index contributed by atoms with van der Waals surface area (Å²) in [5, 5.41) is 6.57. The molecule has 2 aromatic rings. The van der Waals surface area contributed by atoms with Gasteiger partial charge >= 0.3 is 6.18 Å². The summed E-state index contributed by atoms with van der Waals surface area (Å²) < 4.78 is 54.6. The molecule has 2 heterocycles. The summed E-state index contributed by atoms with van der Waals surface area (Å²) in [6.45, 7) is 2.06. The summed E-state index contributed by atoms with van der Waals surface area (Å²) in [7, 11) is 1.67. The standard InChI is InChI=1S/C30H38F4N4O3/c1-16(35-2)28(40)37-25(17-6-4-3-5-7-17)29(41)38-11-10-18-12-19(27(39)30(32,33)34)13-22(26(18)38)23-15-36-24-14-20(31)8-9-21(23)24/h8-9,14-19,22,25-26,35-36H,3-7,10-13H2,1-2H3,(H,37,40)/t16-,18-,19?,22?,25-,26-/m0/s1. The van der Waals surface area contributed by atoms with Crippen LogP contribution in [0.4, 0.5) is 17.6 Å². The fraction of sp³-hybridized carbons (Fsp3) is 0.633. The van der Waals surface area contributed by atoms with Crippen molar-refractivity contribution in [1.82, 2.24) is 20.5 Å². The third-order valence-corrected chi connectivity index (χ3v) is 9.64. The van der Waals surface area contributed by atoms with Crippen molar-refractivity contribution in [3.05, 3.63) is 35.8 Å². The van der Waals surface area contributed by atoms with Crippen LogP contribution >= 0.6 is 0 Å². The van der Waals surface area contributed by atoms with Gasteiger partial charge in [0.25, 0.3) is 0 Å². The first-order valence-corrected chi connectivity index (χ1v) is 14.6. The number of H-pyrrole nitrogens is 1. The van der Waals surface area contributed by atoms with Crippen LogP contribution in [0.3, 0.4) is 0 Å². The maximum atomic E-state index is 14.3. The lowest BCUT2D eigenvalue weighted by molar-refractivity contribution is -0.177. The number of carbonyl (C=O) groups excluding carboxylic acids is 3. The highest BCUT2D eigenvalue weighted by Gasteiger charge is 2.54. The van der Waals surface area contributed by atoms with Gasteiger partial charge in [-0.2, -0.15) is 13.2 Å². The maximum absolute atomic E-state index is 14.3. The molecular weight excluding hydrogens is 540 g/mol. The number of carbonyl (C=O) groups is 3. The van der Waals surface area contributed by atoms with Gasteiger partial charge in [0, 0.05) is 41.5 Å². The Morgan fingerprint density at radius 1 is 1.07 bits per heavy atom. The summed E-state index contributed by atoms with van der Waals surface area (Å²) in [5.41, 5.74) is 1.18. The lowest BCUT2D eigenvalue weighted by Crippen LogP contribution is -2.58. The zero-order valence-corrected chi connectivity index (χ0v) is 23.4. The van der Waals surface area contributed by atoms with Crippen LogP contribution in [-0.4, -0.2) is 65.4 Å². The maximum Gasteiger partial charge on any atom is 0.450 e. The summed E-state index contributed by atoms with van der Waals surface area (Å²) in [5.74, 6) is -4.78. The van der Waals surface area contributed by atoms with E-state index < -0.39 is 47.7 Å². The van der Waals surface area contributed by atoms with E-state index in [-0.39, 0.29) is 36.5 Å². The van der Waals surface area contributed by atoms with Gasteiger partial charge in [0.2, 0.25) is 17.6 Å². The fourth-order valence-corrected chi connectivity index (χ4v) is 7.47. The van der Waals surface area contributed by atoms with E-state index in [1.54, 1.807) is 31.1 Å². The molecule has 0 radical (unpaired) electrons. The Morgan fingerprint density at radius 2 is 1.80 bits per heavy atom. The number of hydrogen-bond donors (Lipinski definition) is 3. The van der Waals surface area contributed by atoms with E-state index >= 15 is 0 Å². The van der Waals surface area contributed by atoms with E-state index in [4.69, 9.17) is 0 Å². The molecular formula is C30H38F4N4O3. The molecule has 1 aromatic heterocycles. The summed E-state index contributed by atoms with van der Waals surface area (Å²) in [6, 6.07) is 2.55. The summed E-state index contributed by atoms with van der Waals surface area (Å²) in [4.78, 5) is 44.5. The number of alkyl halides is 3. The van der Waals surface area contributed by atoms with Crippen molar-refractivity contribution in [2.24, 2.45) is 17.8 Å². The molecule has 11 heteroatoms. The number of nitrogens with one attached hydrogen (secondary N) is 3. The first-order valence-electron chi connectivity index (χ1n) is 14.6. The molecule has 3 fully saturated rings. The molecule has 1 aliphatic heterocycles. The van der Waals surface area contributed by atoms with Crippen molar-refractivity contribution in [3.8, 4) is 0 Å². The van der Waals surface area contributed by atoms with Crippen molar-refractivity contribution in [2.45, 2.75) is 88.5 Å². The Balaban J connectivity index is 1.51. The number of likely N-dealkylation sites (N-methyl/N-ethyl adjacent to an activating group) is 1. The number of fused-ring (bicyclic) bond motifs is 2. The largest absolute Gasteiger partial charge is 0.450 e. The number of hydrogen-bond acceptors (Lipinski definition) is 4. The Bertz CT molecular complexity index is 1290. The van der Waals surface area contributed by atoms with Crippen LogP contribution in [0.15, 0.2) is 24.4 Å². The molecule has 224 valence electrons. The average Bonchev–Trinajstić information content (AvgIpc) is 3.58. The number of likely N-dealkylation sites (tertiary alicyclic amines) is 1. The van der Waals surface area contributed by atoms with Crippen molar-refractivity contribution in [2.75, 3.05) is 13.6 Å². The number of ketones is 1. The molecule has 2 unspecified atom stereocenters. The highest BCUT2D eigenvalue weighted by molar-refractivity contribution is 5.91. The Morgan fingerprint density at radius 3 is 2.49 bits per heavy atom. The first kappa shape index (κ1) is 29.5. The quantitative estimate of drug-likeness (QED) is 0.411. The second-order valence-corrected chi connectivity index (χ2v) is 12.0. The molecule has 2 aliphatic carbocycles. The van der Waals surface area contributed by atoms with Crippen LogP contribution in [0.25, 0.3) is 10.9 Å². The number of halogens is 4. The molecule has 2 amide bonds. The van der Waals surface area contributed by atoms with Crippen LogP contribution in [-0.2, 0) is 14.4 Å². The number of rotatable bonds is 7. The average molecular weight is 579 g/mol. The SMILES string of the molecule is CN[C@@H](C)C(=O)N[C@H](C(=O)N1CC[C@H]2CC(C(=O)C(F)(F)F)CC(c3c[nH]c4cc(F)ccc34)[C@H]21)C1CCCCC1. The zero-order valence-electron chi connectivity index (χ0n) is 23.4. The fourth-order valence-electron chi connectivity index (χ4n) is 7.47. The number of benzene rings is 1. The number of aromatic nitrogens is 1. The van der Waals surface area contributed by atoms with Crippen molar-refractivity contribution in [1.29, 1.82) is 0 Å². The van der Waals surface area contributed by atoms with Crippen LogP contribution in [0.1, 0.15) is 69.8 Å².